The van der Waals surface area contributed by atoms with E-state index in [0.717, 1.165) is 50.4 Å². The van der Waals surface area contributed by atoms with Gasteiger partial charge in [0, 0.05) is 42.6 Å². The number of carbonyl (C=O) groups excluding carboxylic acids is 2. The van der Waals surface area contributed by atoms with Gasteiger partial charge in [-0.15, -0.1) is 0 Å². The van der Waals surface area contributed by atoms with E-state index in [2.05, 4.69) is 46.7 Å². The number of hydrogen-bond donors (Lipinski definition) is 2. The summed E-state index contributed by atoms with van der Waals surface area (Å²) in [5, 5.41) is 6.55. The van der Waals surface area contributed by atoms with Crippen LogP contribution in [-0.2, 0) is 25.9 Å². The van der Waals surface area contributed by atoms with Gasteiger partial charge < -0.3 is 29.9 Å². The highest BCUT2D eigenvalue weighted by atomic mass is 35.5. The van der Waals surface area contributed by atoms with Gasteiger partial charge in [0.1, 0.15) is 11.5 Å². The lowest BCUT2D eigenvalue weighted by atomic mass is 9.98. The standard InChI is InChI=1S/C18H19ClN2O2.C18H20N2O2/c1-21-9-8-14-12(11-21)4-3-5-16(14)20-18(22)15-10-13(19)6-7-17(15)23-2;1-20-11-10-14-13(12-20)6-5-8-16(14)19-18(21)15-7-3-4-9-17(15)22-2/h3-7,10H,8-9,11H2,1-2H3,(H,20,22);3-9H,10-12H2,1-2H3,(H,19,21). The van der Waals surface area contributed by atoms with E-state index in [1.165, 1.54) is 22.3 Å². The van der Waals surface area contributed by atoms with Gasteiger partial charge in [0.25, 0.3) is 11.8 Å². The lowest BCUT2D eigenvalue weighted by Crippen LogP contribution is -2.27. The Balaban J connectivity index is 0.000000178. The summed E-state index contributed by atoms with van der Waals surface area (Å²) in [6, 6.07) is 24.4. The summed E-state index contributed by atoms with van der Waals surface area (Å²) in [4.78, 5) is 29.7. The third kappa shape index (κ3) is 7.65. The normalized spacial score (nSPS) is 14.2. The first-order valence-corrected chi connectivity index (χ1v) is 15.3. The molecular formula is C36H39ClN4O4. The van der Waals surface area contributed by atoms with Crippen molar-refractivity contribution in [1.29, 1.82) is 0 Å². The second-order valence-electron chi connectivity index (χ2n) is 11.3. The van der Waals surface area contributed by atoms with E-state index in [0.29, 0.717) is 27.6 Å². The van der Waals surface area contributed by atoms with Crippen molar-refractivity contribution >= 4 is 34.8 Å². The Kier molecular flexibility index (Phi) is 10.4. The molecule has 2 aliphatic heterocycles. The molecule has 9 heteroatoms. The Morgan fingerprint density at radius 2 is 1.18 bits per heavy atom. The van der Waals surface area contributed by atoms with Crippen molar-refractivity contribution in [3.8, 4) is 11.5 Å². The molecule has 0 fully saturated rings. The minimum Gasteiger partial charge on any atom is -0.496 e. The van der Waals surface area contributed by atoms with Gasteiger partial charge in [-0.2, -0.15) is 0 Å². The molecular weight excluding hydrogens is 588 g/mol. The number of hydrogen-bond acceptors (Lipinski definition) is 6. The predicted molar refractivity (Wildman–Crippen MR) is 180 cm³/mol. The second kappa shape index (κ2) is 14.6. The van der Waals surface area contributed by atoms with Crippen LogP contribution in [-0.4, -0.2) is 63.0 Å². The van der Waals surface area contributed by atoms with E-state index < -0.39 is 0 Å². The highest BCUT2D eigenvalue weighted by molar-refractivity contribution is 6.31. The maximum absolute atomic E-state index is 12.6. The quantitative estimate of drug-likeness (QED) is 0.253. The lowest BCUT2D eigenvalue weighted by Gasteiger charge is -2.26. The zero-order valence-corrected chi connectivity index (χ0v) is 26.9. The first-order valence-electron chi connectivity index (χ1n) is 14.9. The van der Waals surface area contributed by atoms with Crippen LogP contribution < -0.4 is 20.1 Å². The maximum Gasteiger partial charge on any atom is 0.259 e. The van der Waals surface area contributed by atoms with Gasteiger partial charge in [-0.25, -0.2) is 0 Å². The van der Waals surface area contributed by atoms with Gasteiger partial charge in [0.2, 0.25) is 0 Å². The zero-order chi connectivity index (χ0) is 31.9. The molecule has 2 heterocycles. The molecule has 8 nitrogen and oxygen atoms in total. The fraction of sp³-hybridized carbons (Fsp3) is 0.278. The lowest BCUT2D eigenvalue weighted by molar-refractivity contribution is 0.101. The minimum absolute atomic E-state index is 0.134. The van der Waals surface area contributed by atoms with Crippen molar-refractivity contribution in [2.75, 3.05) is 52.0 Å². The molecule has 0 spiro atoms. The van der Waals surface area contributed by atoms with E-state index in [4.69, 9.17) is 21.1 Å². The summed E-state index contributed by atoms with van der Waals surface area (Å²) in [5.74, 6) is 0.752. The largest absolute Gasteiger partial charge is 0.496 e. The number of amides is 2. The van der Waals surface area contributed by atoms with Crippen molar-refractivity contribution in [2.24, 2.45) is 0 Å². The van der Waals surface area contributed by atoms with Crippen LogP contribution in [0, 0.1) is 0 Å². The van der Waals surface area contributed by atoms with Crippen LogP contribution in [0.5, 0.6) is 11.5 Å². The number of methoxy groups -OCH3 is 2. The van der Waals surface area contributed by atoms with Crippen molar-refractivity contribution in [3.05, 3.63) is 117 Å². The molecule has 0 radical (unpaired) electrons. The van der Waals surface area contributed by atoms with E-state index in [9.17, 15) is 9.59 Å². The molecule has 4 aromatic carbocycles. The molecule has 0 saturated carbocycles. The van der Waals surface area contributed by atoms with E-state index in [1.807, 2.05) is 36.4 Å². The summed E-state index contributed by atoms with van der Waals surface area (Å²) in [7, 11) is 7.33. The average molecular weight is 627 g/mol. The maximum atomic E-state index is 12.6. The first kappa shape index (κ1) is 32.0. The fourth-order valence-electron chi connectivity index (χ4n) is 5.80. The first-order chi connectivity index (χ1) is 21.8. The number of rotatable bonds is 6. The van der Waals surface area contributed by atoms with Crippen molar-refractivity contribution in [2.45, 2.75) is 25.9 Å². The van der Waals surface area contributed by atoms with Crippen LogP contribution in [0.15, 0.2) is 78.9 Å². The molecule has 234 valence electrons. The summed E-state index contributed by atoms with van der Waals surface area (Å²) >= 11 is 6.01. The molecule has 45 heavy (non-hydrogen) atoms. The van der Waals surface area contributed by atoms with Gasteiger partial charge in [-0.3, -0.25) is 9.59 Å². The molecule has 0 aliphatic carbocycles. The Hall–Kier alpha value is -4.37. The average Bonchev–Trinajstić information content (AvgIpc) is 3.05. The molecule has 6 rings (SSSR count). The van der Waals surface area contributed by atoms with Crippen LogP contribution in [0.4, 0.5) is 11.4 Å². The van der Waals surface area contributed by atoms with E-state index in [1.54, 1.807) is 44.6 Å². The van der Waals surface area contributed by atoms with Gasteiger partial charge >= 0.3 is 0 Å². The Bertz CT molecular complexity index is 1690. The Morgan fingerprint density at radius 3 is 1.73 bits per heavy atom. The van der Waals surface area contributed by atoms with Crippen LogP contribution >= 0.6 is 11.6 Å². The highest BCUT2D eigenvalue weighted by Crippen LogP contribution is 2.29. The molecule has 2 N–H and O–H groups in total. The molecule has 0 aromatic heterocycles. The fourth-order valence-corrected chi connectivity index (χ4v) is 5.98. The molecule has 2 amide bonds. The molecule has 4 aromatic rings. The number of fused-ring (bicyclic) bond motifs is 2. The third-order valence-corrected chi connectivity index (χ3v) is 8.40. The Morgan fingerprint density at radius 1 is 0.667 bits per heavy atom. The third-order valence-electron chi connectivity index (χ3n) is 8.17. The van der Waals surface area contributed by atoms with Crippen molar-refractivity contribution < 1.29 is 19.1 Å². The van der Waals surface area contributed by atoms with Gasteiger partial charge in [0.15, 0.2) is 0 Å². The number of benzene rings is 4. The summed E-state index contributed by atoms with van der Waals surface area (Å²) in [6.45, 7) is 3.82. The summed E-state index contributed by atoms with van der Waals surface area (Å²) in [5.41, 5.74) is 7.75. The zero-order valence-electron chi connectivity index (χ0n) is 26.2. The smallest absolute Gasteiger partial charge is 0.259 e. The number of nitrogens with one attached hydrogen (secondary N) is 2. The highest BCUT2D eigenvalue weighted by Gasteiger charge is 2.20. The molecule has 0 bridgehead atoms. The SMILES string of the molecule is COc1ccc(Cl)cc1C(=O)Nc1cccc2c1CCN(C)C2.COc1ccccc1C(=O)Nc1cccc2c1CCN(C)C2. The number of para-hydroxylation sites is 1. The topological polar surface area (TPSA) is 83.1 Å². The van der Waals surface area contributed by atoms with Crippen molar-refractivity contribution in [3.63, 3.8) is 0 Å². The van der Waals surface area contributed by atoms with Crippen LogP contribution in [0.25, 0.3) is 0 Å². The monoisotopic (exact) mass is 626 g/mol. The number of halogens is 1. The number of carbonyl (C=O) groups is 2. The van der Waals surface area contributed by atoms with E-state index in [-0.39, 0.29) is 11.8 Å². The number of ether oxygens (including phenoxy) is 2. The van der Waals surface area contributed by atoms with Crippen molar-refractivity contribution in [1.82, 2.24) is 9.80 Å². The molecule has 0 unspecified atom stereocenters. The molecule has 0 atom stereocenters. The molecule has 0 saturated heterocycles. The minimum atomic E-state index is -0.211. The summed E-state index contributed by atoms with van der Waals surface area (Å²) < 4.78 is 10.5. The van der Waals surface area contributed by atoms with Gasteiger partial charge in [0.05, 0.1) is 25.3 Å². The number of nitrogens with zero attached hydrogens (tertiary/aromatic N) is 2. The van der Waals surface area contributed by atoms with Crippen LogP contribution in [0.2, 0.25) is 5.02 Å². The predicted octanol–water partition coefficient (Wildman–Crippen LogP) is 6.52. The number of likely N-dealkylation sites (N-methyl/N-ethyl adjacent to an activating group) is 2. The Labute approximate surface area is 269 Å². The van der Waals surface area contributed by atoms with Crippen LogP contribution in [0.3, 0.4) is 0 Å². The van der Waals surface area contributed by atoms with Crippen LogP contribution in [0.1, 0.15) is 43.0 Å². The molecule has 2 aliphatic rings. The van der Waals surface area contributed by atoms with E-state index >= 15 is 0 Å². The van der Waals surface area contributed by atoms with Gasteiger partial charge in [-0.05, 0) is 91.7 Å². The van der Waals surface area contributed by atoms with Gasteiger partial charge in [-0.1, -0.05) is 48.0 Å². The second-order valence-corrected chi connectivity index (χ2v) is 11.8. The summed E-state index contributed by atoms with van der Waals surface area (Å²) in [6.07, 6.45) is 1.88. The number of anilines is 2.